The third-order valence-corrected chi connectivity index (χ3v) is 1.56. The first-order valence-corrected chi connectivity index (χ1v) is 3.62. The summed E-state index contributed by atoms with van der Waals surface area (Å²) < 4.78 is 13.4. The fraction of sp³-hybridized carbons (Fsp3) is 0.200. The summed E-state index contributed by atoms with van der Waals surface area (Å²) in [7, 11) is 0. The van der Waals surface area contributed by atoms with Gasteiger partial charge in [0.1, 0.15) is 5.83 Å². The van der Waals surface area contributed by atoms with Gasteiger partial charge in [0.15, 0.2) is 6.17 Å². The van der Waals surface area contributed by atoms with E-state index in [-0.39, 0.29) is 0 Å². The minimum atomic E-state index is -0.777. The molecule has 11 heavy (non-hydrogen) atoms. The van der Waals surface area contributed by atoms with Gasteiger partial charge in [-0.1, -0.05) is 5.22 Å². The summed E-state index contributed by atoms with van der Waals surface area (Å²) in [6, 6.07) is 0. The quantitative estimate of drug-likeness (QED) is 0.398. The van der Waals surface area contributed by atoms with E-state index in [0.717, 1.165) is 0 Å². The van der Waals surface area contributed by atoms with Crippen LogP contribution in [0, 0.1) is 0 Å². The van der Waals surface area contributed by atoms with Gasteiger partial charge in [-0.2, -0.15) is 0 Å². The lowest BCUT2D eigenvalue weighted by Crippen LogP contribution is -2.25. The average Bonchev–Trinajstić information content (AvgIpc) is 1.95. The van der Waals surface area contributed by atoms with Gasteiger partial charge in [-0.15, -0.1) is 5.11 Å². The van der Waals surface area contributed by atoms with Crippen molar-refractivity contribution in [2.75, 3.05) is 0 Å². The van der Waals surface area contributed by atoms with Crippen LogP contribution in [0.5, 0.6) is 0 Å². The molecule has 3 N–H and O–H groups in total. The largest absolute Gasteiger partial charge is 0.362 e. The third kappa shape index (κ3) is 2.01. The molecule has 0 spiro atoms. The van der Waals surface area contributed by atoms with Gasteiger partial charge >= 0.3 is 0 Å². The van der Waals surface area contributed by atoms with E-state index in [1.165, 1.54) is 6.08 Å². The smallest absolute Gasteiger partial charge is 0.193 e. The number of halogens is 2. The Bertz CT molecular complexity index is 235. The lowest BCUT2D eigenvalue weighted by molar-refractivity contribution is 0.491. The minimum Gasteiger partial charge on any atom is -0.362 e. The van der Waals surface area contributed by atoms with Crippen LogP contribution in [0.1, 0.15) is 0 Å². The Hall–Kier alpha value is -0.910. The van der Waals surface area contributed by atoms with Crippen LogP contribution >= 0.6 is 15.9 Å². The second-order valence-electron chi connectivity index (χ2n) is 1.86. The number of nitrogens with one attached hydrogen (secondary N) is 1. The molecule has 0 aromatic carbocycles. The van der Waals surface area contributed by atoms with Gasteiger partial charge in [-0.05, 0) is 22.0 Å². The van der Waals surface area contributed by atoms with Crippen LogP contribution in [0.3, 0.4) is 0 Å². The second kappa shape index (κ2) is 3.47. The van der Waals surface area contributed by atoms with E-state index in [9.17, 15) is 4.39 Å². The van der Waals surface area contributed by atoms with E-state index < -0.39 is 12.0 Å². The summed E-state index contributed by atoms with van der Waals surface area (Å²) >= 11 is 3.09. The van der Waals surface area contributed by atoms with Gasteiger partial charge in [0.05, 0.1) is 0 Å². The first-order chi connectivity index (χ1) is 5.24. The zero-order valence-electron chi connectivity index (χ0n) is 5.46. The van der Waals surface area contributed by atoms with E-state index in [2.05, 4.69) is 31.6 Å². The van der Waals surface area contributed by atoms with Crippen molar-refractivity contribution in [1.82, 2.24) is 5.32 Å². The summed E-state index contributed by atoms with van der Waals surface area (Å²) in [5, 5.41) is 8.98. The summed E-state index contributed by atoms with van der Waals surface area (Å²) in [5.74, 6) is 4.33. The number of nitrogens with two attached hydrogens (primary N) is 1. The molecule has 0 aromatic heterocycles. The Kier molecular flexibility index (Phi) is 2.58. The van der Waals surface area contributed by atoms with E-state index in [1.54, 1.807) is 6.20 Å². The van der Waals surface area contributed by atoms with Crippen LogP contribution < -0.4 is 11.2 Å². The number of rotatable bonds is 1. The molecule has 0 bridgehead atoms. The maximum Gasteiger partial charge on any atom is 0.193 e. The highest BCUT2D eigenvalue weighted by atomic mass is 79.9. The number of nitrogens with zero attached hydrogens (tertiary/aromatic N) is 2. The van der Waals surface area contributed by atoms with Crippen LogP contribution in [0.15, 0.2) is 32.9 Å². The van der Waals surface area contributed by atoms with E-state index in [1.807, 2.05) is 0 Å². The normalized spacial score (nSPS) is 24.4. The molecule has 1 aliphatic rings. The SMILES string of the molecule is NN=NC1NC=C(Br)C=C1F. The molecule has 60 valence electrons. The van der Waals surface area contributed by atoms with Gasteiger partial charge in [0.2, 0.25) is 0 Å². The third-order valence-electron chi connectivity index (χ3n) is 1.10. The molecule has 6 heteroatoms. The van der Waals surface area contributed by atoms with Crippen molar-refractivity contribution in [1.29, 1.82) is 0 Å². The van der Waals surface area contributed by atoms with Gasteiger partial charge in [0, 0.05) is 10.7 Å². The maximum atomic E-state index is 12.8. The summed E-state index contributed by atoms with van der Waals surface area (Å²) in [6.07, 6.45) is 2.10. The van der Waals surface area contributed by atoms with Crippen molar-refractivity contribution in [3.8, 4) is 0 Å². The molecule has 0 aromatic rings. The summed E-state index contributed by atoms with van der Waals surface area (Å²) in [6.45, 7) is 0. The Balaban J connectivity index is 2.71. The Morgan fingerprint density at radius 2 is 2.45 bits per heavy atom. The molecule has 1 atom stereocenters. The number of allylic oxidation sites excluding steroid dienone is 2. The van der Waals surface area contributed by atoms with Crippen molar-refractivity contribution in [2.24, 2.45) is 16.2 Å². The van der Waals surface area contributed by atoms with Gasteiger partial charge in [-0.25, -0.2) is 4.39 Å². The molecule has 1 heterocycles. The summed E-state index contributed by atoms with van der Waals surface area (Å²) in [5.41, 5.74) is 0. The molecule has 0 aliphatic carbocycles. The molecule has 0 fully saturated rings. The summed E-state index contributed by atoms with van der Waals surface area (Å²) in [4.78, 5) is 0. The Morgan fingerprint density at radius 1 is 1.73 bits per heavy atom. The van der Waals surface area contributed by atoms with Crippen molar-refractivity contribution in [3.63, 3.8) is 0 Å². The Morgan fingerprint density at radius 3 is 3.00 bits per heavy atom. The van der Waals surface area contributed by atoms with E-state index in [0.29, 0.717) is 4.48 Å². The number of dihydropyridines is 1. The predicted octanol–water partition coefficient (Wildman–Crippen LogP) is 1.33. The fourth-order valence-corrected chi connectivity index (χ4v) is 0.996. The van der Waals surface area contributed by atoms with Gasteiger partial charge < -0.3 is 11.2 Å². The highest BCUT2D eigenvalue weighted by molar-refractivity contribution is 9.11. The van der Waals surface area contributed by atoms with Crippen molar-refractivity contribution >= 4 is 15.9 Å². The minimum absolute atomic E-state index is 0.423. The zero-order chi connectivity index (χ0) is 8.27. The van der Waals surface area contributed by atoms with Gasteiger partial charge in [0.25, 0.3) is 0 Å². The Labute approximate surface area is 71.2 Å². The van der Waals surface area contributed by atoms with Crippen LogP contribution in [0.25, 0.3) is 0 Å². The van der Waals surface area contributed by atoms with Crippen molar-refractivity contribution < 1.29 is 4.39 Å². The topological polar surface area (TPSA) is 62.8 Å². The van der Waals surface area contributed by atoms with Crippen LogP contribution in [-0.4, -0.2) is 6.17 Å². The molecule has 0 saturated heterocycles. The first-order valence-electron chi connectivity index (χ1n) is 2.83. The van der Waals surface area contributed by atoms with Crippen molar-refractivity contribution in [2.45, 2.75) is 6.17 Å². The van der Waals surface area contributed by atoms with Gasteiger partial charge in [-0.3, -0.25) is 0 Å². The van der Waals surface area contributed by atoms with E-state index in [4.69, 9.17) is 5.84 Å². The first kappa shape index (κ1) is 8.19. The highest BCUT2D eigenvalue weighted by Gasteiger charge is 2.15. The lowest BCUT2D eigenvalue weighted by Gasteiger charge is -2.12. The maximum absolute atomic E-state index is 12.8. The molecule has 0 saturated carbocycles. The predicted molar refractivity (Wildman–Crippen MR) is 42.2 cm³/mol. The van der Waals surface area contributed by atoms with Crippen LogP contribution in [0.4, 0.5) is 4.39 Å². The molecular weight excluding hydrogens is 215 g/mol. The molecule has 0 radical (unpaired) electrons. The number of hydrogen-bond donors (Lipinski definition) is 2. The lowest BCUT2D eigenvalue weighted by atomic mass is 10.3. The molecular formula is C5H6BrFN4. The van der Waals surface area contributed by atoms with Crippen LogP contribution in [-0.2, 0) is 0 Å². The monoisotopic (exact) mass is 220 g/mol. The molecule has 1 rings (SSSR count). The standard InChI is InChI=1S/C5H6BrFN4/c6-3-1-4(7)5(9-2-3)10-11-8/h1-2,5,9H,(H2,8,10). The van der Waals surface area contributed by atoms with E-state index >= 15 is 0 Å². The highest BCUT2D eigenvalue weighted by Crippen LogP contribution is 2.18. The van der Waals surface area contributed by atoms with Crippen LogP contribution in [0.2, 0.25) is 0 Å². The second-order valence-corrected chi connectivity index (χ2v) is 2.77. The molecule has 0 amide bonds. The molecule has 4 nitrogen and oxygen atoms in total. The zero-order valence-corrected chi connectivity index (χ0v) is 7.05. The molecule has 1 aliphatic heterocycles. The van der Waals surface area contributed by atoms with Crippen molar-refractivity contribution in [3.05, 3.63) is 22.6 Å². The average molecular weight is 221 g/mol. The number of hydrogen-bond acceptors (Lipinski definition) is 3. The fourth-order valence-electron chi connectivity index (χ4n) is 0.646. The molecule has 1 unspecified atom stereocenters.